The number of halogens is 3. The molecule has 0 spiro atoms. The zero-order valence-corrected chi connectivity index (χ0v) is 13.6. The predicted octanol–water partition coefficient (Wildman–Crippen LogP) is 6.95. The molecule has 0 aliphatic rings. The Morgan fingerprint density at radius 2 is 1.23 bits per heavy atom. The Kier molecular flexibility index (Phi) is 3.30. The number of hydrogen-bond acceptors (Lipinski definition) is 0. The SMILES string of the molecule is Clc1ccc2[nH]c3ccc(-c4ccc(Cl)c(Cl)c4)cc3c2c1. The number of hydrogen-bond donors (Lipinski definition) is 1. The minimum atomic E-state index is 0.557. The van der Waals surface area contributed by atoms with Gasteiger partial charge < -0.3 is 4.98 Å². The highest BCUT2D eigenvalue weighted by Crippen LogP contribution is 2.33. The molecule has 0 amide bonds. The third-order valence-electron chi connectivity index (χ3n) is 3.81. The maximum Gasteiger partial charge on any atom is 0.0598 e. The second-order valence-electron chi connectivity index (χ2n) is 5.20. The van der Waals surface area contributed by atoms with Gasteiger partial charge in [0.25, 0.3) is 0 Å². The summed E-state index contributed by atoms with van der Waals surface area (Å²) >= 11 is 18.2. The highest BCUT2D eigenvalue weighted by Gasteiger charge is 2.08. The second-order valence-corrected chi connectivity index (χ2v) is 6.45. The Labute approximate surface area is 142 Å². The molecule has 4 rings (SSSR count). The van der Waals surface area contributed by atoms with Gasteiger partial charge in [0.2, 0.25) is 0 Å². The first-order chi connectivity index (χ1) is 10.6. The van der Waals surface area contributed by atoms with Crippen LogP contribution in [-0.4, -0.2) is 4.98 Å². The highest BCUT2D eigenvalue weighted by atomic mass is 35.5. The Bertz CT molecular complexity index is 1020. The van der Waals surface area contributed by atoms with Crippen LogP contribution in [-0.2, 0) is 0 Å². The zero-order chi connectivity index (χ0) is 15.3. The Morgan fingerprint density at radius 3 is 2.00 bits per heavy atom. The number of fused-ring (bicyclic) bond motifs is 3. The largest absolute Gasteiger partial charge is 0.355 e. The average molecular weight is 347 g/mol. The average Bonchev–Trinajstić information content (AvgIpc) is 2.87. The molecular weight excluding hydrogens is 337 g/mol. The van der Waals surface area contributed by atoms with Crippen LogP contribution in [0, 0.1) is 0 Å². The van der Waals surface area contributed by atoms with Gasteiger partial charge in [-0.25, -0.2) is 0 Å². The molecule has 0 saturated carbocycles. The van der Waals surface area contributed by atoms with E-state index in [0.717, 1.165) is 38.0 Å². The molecule has 0 unspecified atom stereocenters. The first-order valence-corrected chi connectivity index (χ1v) is 7.91. The molecule has 0 fully saturated rings. The van der Waals surface area contributed by atoms with Crippen LogP contribution in [0.2, 0.25) is 15.1 Å². The summed E-state index contributed by atoms with van der Waals surface area (Å²) < 4.78 is 0. The third kappa shape index (κ3) is 2.26. The Hall–Kier alpha value is -1.67. The van der Waals surface area contributed by atoms with Gasteiger partial charge in [-0.2, -0.15) is 0 Å². The molecule has 4 aromatic rings. The lowest BCUT2D eigenvalue weighted by Gasteiger charge is -2.04. The van der Waals surface area contributed by atoms with E-state index in [2.05, 4.69) is 23.2 Å². The molecule has 0 aliphatic heterocycles. The van der Waals surface area contributed by atoms with Crippen molar-refractivity contribution in [2.24, 2.45) is 0 Å². The molecule has 0 bridgehead atoms. The van der Waals surface area contributed by atoms with Crippen LogP contribution in [0.25, 0.3) is 32.9 Å². The van der Waals surface area contributed by atoms with Gasteiger partial charge in [0.15, 0.2) is 0 Å². The molecule has 4 heteroatoms. The van der Waals surface area contributed by atoms with Crippen LogP contribution < -0.4 is 0 Å². The molecule has 1 N–H and O–H groups in total. The van der Waals surface area contributed by atoms with E-state index in [0.29, 0.717) is 10.0 Å². The summed E-state index contributed by atoms with van der Waals surface area (Å²) in [6.07, 6.45) is 0. The lowest BCUT2D eigenvalue weighted by Crippen LogP contribution is -1.79. The van der Waals surface area contributed by atoms with Gasteiger partial charge in [0, 0.05) is 26.8 Å². The number of aromatic nitrogens is 1. The van der Waals surface area contributed by atoms with Crippen molar-refractivity contribution >= 4 is 56.6 Å². The van der Waals surface area contributed by atoms with E-state index in [-0.39, 0.29) is 0 Å². The van der Waals surface area contributed by atoms with Crippen LogP contribution in [0.4, 0.5) is 0 Å². The standard InChI is InChI=1S/C18H10Cl3N/c19-12-3-6-18-14(9-12)13-7-10(2-5-17(13)22-18)11-1-4-15(20)16(21)8-11/h1-9,22H. The summed E-state index contributed by atoms with van der Waals surface area (Å²) in [5.74, 6) is 0. The maximum absolute atomic E-state index is 6.12. The van der Waals surface area contributed by atoms with E-state index in [1.54, 1.807) is 0 Å². The highest BCUT2D eigenvalue weighted by molar-refractivity contribution is 6.42. The van der Waals surface area contributed by atoms with Crippen molar-refractivity contribution in [3.05, 3.63) is 69.7 Å². The fraction of sp³-hybridized carbons (Fsp3) is 0. The van der Waals surface area contributed by atoms with E-state index >= 15 is 0 Å². The van der Waals surface area contributed by atoms with Crippen molar-refractivity contribution in [3.8, 4) is 11.1 Å². The molecule has 0 atom stereocenters. The van der Waals surface area contributed by atoms with Crippen molar-refractivity contribution in [1.82, 2.24) is 4.98 Å². The van der Waals surface area contributed by atoms with Crippen molar-refractivity contribution in [1.29, 1.82) is 0 Å². The van der Waals surface area contributed by atoms with Crippen LogP contribution >= 0.6 is 34.8 Å². The lowest BCUT2D eigenvalue weighted by atomic mass is 10.0. The molecule has 0 aliphatic carbocycles. The van der Waals surface area contributed by atoms with Crippen LogP contribution in [0.3, 0.4) is 0 Å². The van der Waals surface area contributed by atoms with Gasteiger partial charge in [-0.15, -0.1) is 0 Å². The Morgan fingerprint density at radius 1 is 0.591 bits per heavy atom. The second kappa shape index (κ2) is 5.20. The monoisotopic (exact) mass is 345 g/mol. The number of rotatable bonds is 1. The van der Waals surface area contributed by atoms with E-state index in [1.807, 2.05) is 36.4 Å². The van der Waals surface area contributed by atoms with E-state index in [4.69, 9.17) is 34.8 Å². The van der Waals surface area contributed by atoms with Gasteiger partial charge in [-0.1, -0.05) is 46.9 Å². The zero-order valence-electron chi connectivity index (χ0n) is 11.3. The molecule has 1 nitrogen and oxygen atoms in total. The third-order valence-corrected chi connectivity index (χ3v) is 4.79. The van der Waals surface area contributed by atoms with Crippen molar-refractivity contribution in [2.45, 2.75) is 0 Å². The van der Waals surface area contributed by atoms with E-state index in [9.17, 15) is 0 Å². The number of benzene rings is 3. The van der Waals surface area contributed by atoms with Gasteiger partial charge in [-0.3, -0.25) is 0 Å². The molecular formula is C18H10Cl3N. The first kappa shape index (κ1) is 14.0. The molecule has 0 saturated heterocycles. The molecule has 0 radical (unpaired) electrons. The van der Waals surface area contributed by atoms with Crippen LogP contribution in [0.5, 0.6) is 0 Å². The van der Waals surface area contributed by atoms with Crippen molar-refractivity contribution in [3.63, 3.8) is 0 Å². The topological polar surface area (TPSA) is 15.8 Å². The summed E-state index contributed by atoms with van der Waals surface area (Å²) in [5.41, 5.74) is 4.28. The quantitative estimate of drug-likeness (QED) is 0.384. The maximum atomic E-state index is 6.12. The van der Waals surface area contributed by atoms with Crippen LogP contribution in [0.15, 0.2) is 54.6 Å². The molecule has 1 heterocycles. The number of H-pyrrole nitrogens is 1. The fourth-order valence-electron chi connectivity index (χ4n) is 2.72. The summed E-state index contributed by atoms with van der Waals surface area (Å²) in [6, 6.07) is 17.8. The van der Waals surface area contributed by atoms with Crippen molar-refractivity contribution in [2.75, 3.05) is 0 Å². The van der Waals surface area contributed by atoms with Crippen LogP contribution in [0.1, 0.15) is 0 Å². The Balaban J connectivity index is 1.97. The fourth-order valence-corrected chi connectivity index (χ4v) is 3.19. The minimum absolute atomic E-state index is 0.557. The first-order valence-electron chi connectivity index (χ1n) is 6.78. The molecule has 108 valence electrons. The lowest BCUT2D eigenvalue weighted by molar-refractivity contribution is 1.54. The summed E-state index contributed by atoms with van der Waals surface area (Å²) in [7, 11) is 0. The summed E-state index contributed by atoms with van der Waals surface area (Å²) in [6.45, 7) is 0. The van der Waals surface area contributed by atoms with Gasteiger partial charge in [-0.05, 0) is 53.6 Å². The van der Waals surface area contributed by atoms with E-state index < -0.39 is 0 Å². The van der Waals surface area contributed by atoms with Gasteiger partial charge in [0.1, 0.15) is 0 Å². The van der Waals surface area contributed by atoms with Crippen molar-refractivity contribution < 1.29 is 0 Å². The summed E-state index contributed by atoms with van der Waals surface area (Å²) in [4.78, 5) is 3.40. The predicted molar refractivity (Wildman–Crippen MR) is 96.3 cm³/mol. The molecule has 22 heavy (non-hydrogen) atoms. The molecule has 1 aromatic heterocycles. The van der Waals surface area contributed by atoms with Gasteiger partial charge in [0.05, 0.1) is 10.0 Å². The molecule has 3 aromatic carbocycles. The van der Waals surface area contributed by atoms with E-state index in [1.165, 1.54) is 0 Å². The van der Waals surface area contributed by atoms with Gasteiger partial charge >= 0.3 is 0 Å². The minimum Gasteiger partial charge on any atom is -0.355 e. The summed E-state index contributed by atoms with van der Waals surface area (Å²) in [5, 5.41) is 4.10. The number of nitrogens with one attached hydrogen (secondary N) is 1. The normalized spacial score (nSPS) is 11.4. The number of aromatic amines is 1. The smallest absolute Gasteiger partial charge is 0.0598 e.